The lowest BCUT2D eigenvalue weighted by atomic mass is 10.0. The van der Waals surface area contributed by atoms with Gasteiger partial charge in [0, 0.05) is 18.7 Å². The maximum Gasteiger partial charge on any atom is 0.349 e. The van der Waals surface area contributed by atoms with Gasteiger partial charge < -0.3 is 19.7 Å². The summed E-state index contributed by atoms with van der Waals surface area (Å²) < 4.78 is 24.4. The quantitative estimate of drug-likeness (QED) is 0.770. The molecule has 27 heavy (non-hydrogen) atoms. The molecule has 0 unspecified atom stereocenters. The zero-order valence-electron chi connectivity index (χ0n) is 15.6. The molecule has 0 amide bonds. The van der Waals surface area contributed by atoms with Crippen LogP contribution in [0.3, 0.4) is 0 Å². The van der Waals surface area contributed by atoms with Crippen molar-refractivity contribution in [1.29, 1.82) is 0 Å². The number of ether oxygens (including phenoxy) is 2. The summed E-state index contributed by atoms with van der Waals surface area (Å²) in [5.74, 6) is 0.761. The predicted molar refractivity (Wildman–Crippen MR) is 101 cm³/mol. The SMILES string of the molecule is CCOc1cc(CN(c2cc(OC)nc(=O)[nH]2)C2CCNCC2)ccc1F. The van der Waals surface area contributed by atoms with Gasteiger partial charge in [-0.15, -0.1) is 0 Å². The maximum atomic E-state index is 13.9. The molecule has 2 heterocycles. The molecule has 0 bridgehead atoms. The van der Waals surface area contributed by atoms with Crippen LogP contribution in [-0.4, -0.2) is 42.8 Å². The first-order chi connectivity index (χ1) is 13.1. The van der Waals surface area contributed by atoms with Crippen LogP contribution in [0.4, 0.5) is 10.2 Å². The number of aromatic nitrogens is 2. The molecule has 2 aromatic rings. The van der Waals surface area contributed by atoms with E-state index in [2.05, 4.69) is 20.2 Å². The van der Waals surface area contributed by atoms with E-state index in [-0.39, 0.29) is 23.5 Å². The number of anilines is 1. The third-order valence-electron chi connectivity index (χ3n) is 4.62. The maximum absolute atomic E-state index is 13.9. The number of H-pyrrole nitrogens is 1. The molecule has 2 N–H and O–H groups in total. The molecule has 0 saturated carbocycles. The topological polar surface area (TPSA) is 79.5 Å². The summed E-state index contributed by atoms with van der Waals surface area (Å²) in [4.78, 5) is 20.7. The molecule has 1 saturated heterocycles. The summed E-state index contributed by atoms with van der Waals surface area (Å²) in [5.41, 5.74) is 0.437. The minimum atomic E-state index is -0.461. The van der Waals surface area contributed by atoms with Gasteiger partial charge in [-0.2, -0.15) is 4.98 Å². The Morgan fingerprint density at radius 1 is 1.30 bits per heavy atom. The number of aromatic amines is 1. The van der Waals surface area contributed by atoms with E-state index >= 15 is 0 Å². The van der Waals surface area contributed by atoms with Crippen LogP contribution < -0.4 is 25.4 Å². The van der Waals surface area contributed by atoms with Crippen molar-refractivity contribution in [2.75, 3.05) is 31.7 Å². The highest BCUT2D eigenvalue weighted by molar-refractivity contribution is 5.44. The van der Waals surface area contributed by atoms with E-state index in [1.54, 1.807) is 18.2 Å². The molecule has 3 rings (SSSR count). The van der Waals surface area contributed by atoms with Crippen LogP contribution in [-0.2, 0) is 6.54 Å². The molecule has 0 radical (unpaired) electrons. The van der Waals surface area contributed by atoms with Crippen molar-refractivity contribution in [1.82, 2.24) is 15.3 Å². The van der Waals surface area contributed by atoms with Gasteiger partial charge in [0.05, 0.1) is 13.7 Å². The van der Waals surface area contributed by atoms with Crippen molar-refractivity contribution in [2.45, 2.75) is 32.4 Å². The van der Waals surface area contributed by atoms with E-state index in [1.807, 2.05) is 6.92 Å². The molecule has 8 heteroatoms. The van der Waals surface area contributed by atoms with E-state index in [4.69, 9.17) is 9.47 Å². The van der Waals surface area contributed by atoms with Crippen LogP contribution >= 0.6 is 0 Å². The van der Waals surface area contributed by atoms with Crippen molar-refractivity contribution < 1.29 is 13.9 Å². The fourth-order valence-corrected chi connectivity index (χ4v) is 3.32. The molecule has 1 aliphatic rings. The molecular formula is C19H25FN4O3. The Kier molecular flexibility index (Phi) is 6.28. The molecule has 0 spiro atoms. The van der Waals surface area contributed by atoms with Crippen molar-refractivity contribution >= 4 is 5.82 Å². The van der Waals surface area contributed by atoms with Crippen LogP contribution in [0.25, 0.3) is 0 Å². The van der Waals surface area contributed by atoms with E-state index in [1.165, 1.54) is 13.2 Å². The zero-order valence-corrected chi connectivity index (χ0v) is 15.6. The summed E-state index contributed by atoms with van der Waals surface area (Å²) in [6, 6.07) is 6.81. The number of rotatable bonds is 7. The normalized spacial score (nSPS) is 14.8. The summed E-state index contributed by atoms with van der Waals surface area (Å²) in [5, 5.41) is 3.35. The van der Waals surface area contributed by atoms with Gasteiger partial charge in [0.15, 0.2) is 11.6 Å². The summed E-state index contributed by atoms with van der Waals surface area (Å²) in [6.45, 7) is 4.53. The molecule has 1 aromatic carbocycles. The Morgan fingerprint density at radius 3 is 2.78 bits per heavy atom. The second-order valence-electron chi connectivity index (χ2n) is 6.42. The summed E-state index contributed by atoms with van der Waals surface area (Å²) >= 11 is 0. The average molecular weight is 376 g/mol. The van der Waals surface area contributed by atoms with Gasteiger partial charge >= 0.3 is 5.69 Å². The fraction of sp³-hybridized carbons (Fsp3) is 0.474. The minimum Gasteiger partial charge on any atom is -0.491 e. The van der Waals surface area contributed by atoms with E-state index in [0.717, 1.165) is 31.5 Å². The van der Waals surface area contributed by atoms with E-state index in [9.17, 15) is 9.18 Å². The Morgan fingerprint density at radius 2 is 2.07 bits per heavy atom. The molecule has 1 fully saturated rings. The second-order valence-corrected chi connectivity index (χ2v) is 6.42. The van der Waals surface area contributed by atoms with Crippen molar-refractivity contribution in [3.8, 4) is 11.6 Å². The predicted octanol–water partition coefficient (Wildman–Crippen LogP) is 2.07. The first-order valence-electron chi connectivity index (χ1n) is 9.14. The monoisotopic (exact) mass is 376 g/mol. The van der Waals surface area contributed by atoms with Crippen molar-refractivity contribution in [2.24, 2.45) is 0 Å². The van der Waals surface area contributed by atoms with Crippen molar-refractivity contribution in [3.05, 3.63) is 46.1 Å². The lowest BCUT2D eigenvalue weighted by Gasteiger charge is -2.36. The van der Waals surface area contributed by atoms with Gasteiger partial charge in [-0.3, -0.25) is 4.98 Å². The number of nitrogens with zero attached hydrogens (tertiary/aromatic N) is 2. The molecule has 146 valence electrons. The standard InChI is InChI=1S/C19H25FN4O3/c1-3-27-16-10-13(4-5-15(16)20)12-24(14-6-8-21-9-7-14)17-11-18(26-2)23-19(25)22-17/h4-5,10-11,14,21H,3,6-9,12H2,1-2H3,(H,22,23,25). The smallest absolute Gasteiger partial charge is 0.349 e. The Labute approximate surface area is 157 Å². The number of benzene rings is 1. The van der Waals surface area contributed by atoms with Crippen LogP contribution in [0.1, 0.15) is 25.3 Å². The number of piperidine rings is 1. The number of hydrogen-bond acceptors (Lipinski definition) is 6. The van der Waals surface area contributed by atoms with Gasteiger partial charge in [-0.1, -0.05) is 6.07 Å². The van der Waals surface area contributed by atoms with Gasteiger partial charge in [0.1, 0.15) is 5.82 Å². The van der Waals surface area contributed by atoms with E-state index < -0.39 is 5.69 Å². The second kappa shape index (κ2) is 8.85. The lowest BCUT2D eigenvalue weighted by Crippen LogP contribution is -2.43. The molecule has 1 aromatic heterocycles. The number of hydrogen-bond donors (Lipinski definition) is 2. The lowest BCUT2D eigenvalue weighted by molar-refractivity contribution is 0.321. The highest BCUT2D eigenvalue weighted by Gasteiger charge is 2.23. The fourth-order valence-electron chi connectivity index (χ4n) is 3.32. The van der Waals surface area contributed by atoms with Gasteiger partial charge in [-0.25, -0.2) is 9.18 Å². The number of halogens is 1. The van der Waals surface area contributed by atoms with Crippen LogP contribution in [0.15, 0.2) is 29.1 Å². The summed E-state index contributed by atoms with van der Waals surface area (Å²) in [7, 11) is 1.48. The Hall–Kier alpha value is -2.61. The third-order valence-corrected chi connectivity index (χ3v) is 4.62. The number of nitrogens with one attached hydrogen (secondary N) is 2. The van der Waals surface area contributed by atoms with Gasteiger partial charge in [-0.05, 0) is 50.6 Å². The first-order valence-corrected chi connectivity index (χ1v) is 9.14. The number of methoxy groups -OCH3 is 1. The molecule has 0 atom stereocenters. The van der Waals surface area contributed by atoms with Gasteiger partial charge in [0.2, 0.25) is 5.88 Å². The van der Waals surface area contributed by atoms with Crippen LogP contribution in [0, 0.1) is 5.82 Å². The molecule has 0 aliphatic carbocycles. The van der Waals surface area contributed by atoms with E-state index in [0.29, 0.717) is 19.0 Å². The van der Waals surface area contributed by atoms with Crippen LogP contribution in [0.2, 0.25) is 0 Å². The Bertz CT molecular complexity index is 821. The average Bonchev–Trinajstić information content (AvgIpc) is 2.68. The largest absolute Gasteiger partial charge is 0.491 e. The molecular weight excluding hydrogens is 351 g/mol. The third kappa shape index (κ3) is 4.77. The minimum absolute atomic E-state index is 0.231. The highest BCUT2D eigenvalue weighted by Crippen LogP contribution is 2.26. The molecule has 7 nitrogen and oxygen atoms in total. The van der Waals surface area contributed by atoms with Gasteiger partial charge in [0.25, 0.3) is 0 Å². The zero-order chi connectivity index (χ0) is 19.2. The Balaban J connectivity index is 1.94. The van der Waals surface area contributed by atoms with Crippen LogP contribution in [0.5, 0.6) is 11.6 Å². The van der Waals surface area contributed by atoms with Crippen molar-refractivity contribution in [3.63, 3.8) is 0 Å². The molecule has 1 aliphatic heterocycles. The highest BCUT2D eigenvalue weighted by atomic mass is 19.1. The first kappa shape index (κ1) is 19.2. The summed E-state index contributed by atoms with van der Waals surface area (Å²) in [6.07, 6.45) is 1.87.